The molecule has 0 aliphatic heterocycles. The van der Waals surface area contributed by atoms with Gasteiger partial charge in [-0.05, 0) is 77.0 Å². The van der Waals surface area contributed by atoms with Crippen molar-refractivity contribution < 1.29 is 28.6 Å². The van der Waals surface area contributed by atoms with Crippen molar-refractivity contribution in [3.63, 3.8) is 0 Å². The normalized spacial score (nSPS) is 10.8. The van der Waals surface area contributed by atoms with E-state index in [-0.39, 0.29) is 17.1 Å². The molecule has 6 heteroatoms. The van der Waals surface area contributed by atoms with Gasteiger partial charge in [-0.3, -0.25) is 4.79 Å². The Kier molecular flexibility index (Phi) is 6.39. The SMILES string of the molecule is COc1ccc2cc(C(=O)Oc3ccc(OC(=O)c4ccc5cc(C)ccc5c4)c(C=[OH+])c3)ccc2c1. The van der Waals surface area contributed by atoms with Crippen LogP contribution in [-0.4, -0.2) is 30.1 Å². The summed E-state index contributed by atoms with van der Waals surface area (Å²) < 4.78 is 16.3. The zero-order chi connectivity index (χ0) is 25.9. The molecule has 182 valence electrons. The highest BCUT2D eigenvalue weighted by atomic mass is 16.5. The number of aldehydes is 1. The first kappa shape index (κ1) is 23.8. The van der Waals surface area contributed by atoms with Gasteiger partial charge >= 0.3 is 18.2 Å². The van der Waals surface area contributed by atoms with Crippen LogP contribution in [0.5, 0.6) is 17.2 Å². The molecule has 0 aliphatic carbocycles. The quantitative estimate of drug-likeness (QED) is 0.121. The first-order valence-electron chi connectivity index (χ1n) is 11.6. The van der Waals surface area contributed by atoms with Gasteiger partial charge < -0.3 is 14.2 Å². The van der Waals surface area contributed by atoms with Crippen molar-refractivity contribution in [2.75, 3.05) is 7.11 Å². The van der Waals surface area contributed by atoms with Crippen LogP contribution >= 0.6 is 0 Å². The van der Waals surface area contributed by atoms with Crippen LogP contribution in [0, 0.1) is 6.92 Å². The Bertz CT molecular complexity index is 1690. The fraction of sp³-hybridized carbons (Fsp3) is 0.0645. The third-order valence-corrected chi connectivity index (χ3v) is 6.05. The molecule has 5 aromatic carbocycles. The van der Waals surface area contributed by atoms with Crippen LogP contribution in [0.1, 0.15) is 31.8 Å². The summed E-state index contributed by atoms with van der Waals surface area (Å²) in [6, 6.07) is 26.5. The smallest absolute Gasteiger partial charge is 0.343 e. The molecule has 1 N–H and O–H groups in total. The van der Waals surface area contributed by atoms with E-state index in [0.717, 1.165) is 39.1 Å². The number of ether oxygens (including phenoxy) is 3. The van der Waals surface area contributed by atoms with E-state index >= 15 is 0 Å². The lowest BCUT2D eigenvalue weighted by Gasteiger charge is -2.10. The van der Waals surface area contributed by atoms with Crippen LogP contribution < -0.4 is 14.2 Å². The van der Waals surface area contributed by atoms with Gasteiger partial charge in [0, 0.05) is 6.07 Å². The highest BCUT2D eigenvalue weighted by molar-refractivity contribution is 5.98. The Morgan fingerprint density at radius 1 is 0.649 bits per heavy atom. The van der Waals surface area contributed by atoms with Crippen molar-refractivity contribution in [3.8, 4) is 17.2 Å². The van der Waals surface area contributed by atoms with Crippen molar-refractivity contribution in [2.24, 2.45) is 0 Å². The molecule has 37 heavy (non-hydrogen) atoms. The first-order chi connectivity index (χ1) is 17.9. The highest BCUT2D eigenvalue weighted by Crippen LogP contribution is 2.27. The van der Waals surface area contributed by atoms with E-state index in [0.29, 0.717) is 11.1 Å². The van der Waals surface area contributed by atoms with E-state index in [4.69, 9.17) is 14.2 Å². The molecule has 0 heterocycles. The van der Waals surface area contributed by atoms with E-state index in [9.17, 15) is 14.4 Å². The van der Waals surface area contributed by atoms with E-state index in [1.54, 1.807) is 31.4 Å². The van der Waals surface area contributed by atoms with Gasteiger partial charge in [-0.1, -0.05) is 42.0 Å². The minimum absolute atomic E-state index is 0.135. The van der Waals surface area contributed by atoms with Gasteiger partial charge in [-0.25, -0.2) is 9.59 Å². The number of methoxy groups -OCH3 is 1. The summed E-state index contributed by atoms with van der Waals surface area (Å²) in [6.07, 6.45) is 0.798. The zero-order valence-electron chi connectivity index (χ0n) is 20.2. The predicted octanol–water partition coefficient (Wildman–Crippen LogP) is 6.27. The van der Waals surface area contributed by atoms with Crippen LogP contribution in [0.4, 0.5) is 0 Å². The van der Waals surface area contributed by atoms with Crippen LogP contribution in [-0.2, 0) is 0 Å². The number of benzene rings is 5. The second-order valence-electron chi connectivity index (χ2n) is 8.60. The fourth-order valence-corrected chi connectivity index (χ4v) is 4.08. The molecule has 5 aromatic rings. The molecule has 0 bridgehead atoms. The lowest BCUT2D eigenvalue weighted by Crippen LogP contribution is -2.11. The number of hydrogen-bond acceptors (Lipinski definition) is 5. The first-order valence-corrected chi connectivity index (χ1v) is 11.6. The van der Waals surface area contributed by atoms with E-state index in [1.807, 2.05) is 55.5 Å². The minimum Gasteiger partial charge on any atom is -0.497 e. The Balaban J connectivity index is 1.32. The van der Waals surface area contributed by atoms with E-state index in [1.165, 1.54) is 18.2 Å². The summed E-state index contributed by atoms with van der Waals surface area (Å²) in [5.41, 5.74) is 2.08. The summed E-state index contributed by atoms with van der Waals surface area (Å²) >= 11 is 0. The van der Waals surface area contributed by atoms with Gasteiger partial charge in [0.25, 0.3) is 0 Å². The van der Waals surface area contributed by atoms with Gasteiger partial charge in [-0.2, -0.15) is 0 Å². The molecule has 0 saturated heterocycles. The fourth-order valence-electron chi connectivity index (χ4n) is 4.08. The van der Waals surface area contributed by atoms with Gasteiger partial charge in [0.15, 0.2) is 0 Å². The van der Waals surface area contributed by atoms with E-state index < -0.39 is 11.9 Å². The van der Waals surface area contributed by atoms with Gasteiger partial charge in [0.2, 0.25) is 0 Å². The summed E-state index contributed by atoms with van der Waals surface area (Å²) in [4.78, 5) is 35.3. The maximum absolute atomic E-state index is 12.8. The summed E-state index contributed by atoms with van der Waals surface area (Å²) in [6.45, 7) is 2.01. The Hall–Kier alpha value is -4.97. The van der Waals surface area contributed by atoms with Crippen LogP contribution in [0.3, 0.4) is 0 Å². The molecule has 0 radical (unpaired) electrons. The van der Waals surface area contributed by atoms with Gasteiger partial charge in [0.1, 0.15) is 22.8 Å². The predicted molar refractivity (Wildman–Crippen MR) is 143 cm³/mol. The van der Waals surface area contributed by atoms with Crippen molar-refractivity contribution in [3.05, 3.63) is 113 Å². The largest absolute Gasteiger partial charge is 0.497 e. The monoisotopic (exact) mass is 491 g/mol. The van der Waals surface area contributed by atoms with Crippen molar-refractivity contribution >= 4 is 39.8 Å². The Labute approximate surface area is 213 Å². The number of rotatable bonds is 6. The average molecular weight is 492 g/mol. The second kappa shape index (κ2) is 9.95. The maximum Gasteiger partial charge on any atom is 0.343 e. The highest BCUT2D eigenvalue weighted by Gasteiger charge is 2.17. The maximum atomic E-state index is 12.8. The summed E-state index contributed by atoms with van der Waals surface area (Å²) in [5, 5.41) is 3.74. The molecular weight excluding hydrogens is 468 g/mol. The standard InChI is InChI=1S/C31H22O6/c1-19-3-4-21-14-25(7-5-20(21)13-19)31(34)37-29-12-11-28(17-26(29)18-32)36-30(33)24-8-6-23-16-27(35-2)10-9-22(23)15-24/h3-18H,1-2H3/p+1. The average Bonchev–Trinajstić information content (AvgIpc) is 2.92. The Morgan fingerprint density at radius 3 is 1.89 bits per heavy atom. The van der Waals surface area contributed by atoms with Crippen molar-refractivity contribution in [1.82, 2.24) is 0 Å². The molecule has 0 spiro atoms. The van der Waals surface area contributed by atoms with Crippen LogP contribution in [0.2, 0.25) is 0 Å². The minimum atomic E-state index is -0.567. The topological polar surface area (TPSA) is 83.2 Å². The molecule has 0 atom stereocenters. The van der Waals surface area contributed by atoms with Crippen molar-refractivity contribution in [1.29, 1.82) is 0 Å². The molecule has 0 fully saturated rings. The second-order valence-corrected chi connectivity index (χ2v) is 8.60. The van der Waals surface area contributed by atoms with Crippen LogP contribution in [0.25, 0.3) is 21.5 Å². The molecular formula is C31H23O6+. The molecule has 0 amide bonds. The summed E-state index contributed by atoms with van der Waals surface area (Å²) in [5.74, 6) is -0.0649. The molecule has 0 unspecified atom stereocenters. The van der Waals surface area contributed by atoms with Gasteiger partial charge in [-0.15, -0.1) is 0 Å². The number of hydrogen-bond donors (Lipinski definition) is 0. The lowest BCUT2D eigenvalue weighted by molar-refractivity contribution is 0.0719. The molecule has 5 rings (SSSR count). The Morgan fingerprint density at radius 2 is 1.22 bits per heavy atom. The number of esters is 2. The molecule has 0 aromatic heterocycles. The number of carbonyl (C=O) groups excluding carboxylic acids is 3. The van der Waals surface area contributed by atoms with Crippen molar-refractivity contribution in [2.45, 2.75) is 6.92 Å². The summed E-state index contributed by atoms with van der Waals surface area (Å²) in [7, 11) is 1.60. The zero-order valence-corrected chi connectivity index (χ0v) is 20.2. The molecule has 6 nitrogen and oxygen atoms in total. The van der Waals surface area contributed by atoms with Crippen LogP contribution in [0.15, 0.2) is 91.0 Å². The number of aryl methyl sites for hydroxylation is 1. The van der Waals surface area contributed by atoms with E-state index in [2.05, 4.69) is 0 Å². The molecule has 0 saturated carbocycles. The third-order valence-electron chi connectivity index (χ3n) is 6.05. The number of fused-ring (bicyclic) bond motifs is 2. The van der Waals surface area contributed by atoms with Gasteiger partial charge in [0.05, 0.1) is 18.2 Å². The lowest BCUT2D eigenvalue weighted by atomic mass is 10.0. The third kappa shape index (κ3) is 5.04. The number of carbonyl (C=O) groups is 2. The molecule has 0 aliphatic rings.